The third-order valence-corrected chi connectivity index (χ3v) is 2.45. The second-order valence-electron chi connectivity index (χ2n) is 4.07. The number of hydrogen-bond donors (Lipinski definition) is 2. The highest BCUT2D eigenvalue weighted by Gasteiger charge is 1.99. The molecule has 0 aliphatic heterocycles. The van der Waals surface area contributed by atoms with Crippen LogP contribution in [0.5, 0.6) is 0 Å². The molecule has 0 bridgehead atoms. The van der Waals surface area contributed by atoms with Crippen LogP contribution in [0.25, 0.3) is 0 Å². The molecule has 0 fully saturated rings. The van der Waals surface area contributed by atoms with Gasteiger partial charge < -0.3 is 15.4 Å². The molecule has 18 heavy (non-hydrogen) atoms. The molecule has 0 aliphatic rings. The molecule has 0 saturated carbocycles. The van der Waals surface area contributed by atoms with Gasteiger partial charge in [-0.25, -0.2) is 0 Å². The number of nitrogens with zero attached hydrogens (tertiary/aromatic N) is 1. The third-order valence-electron chi connectivity index (χ3n) is 2.45. The molecular formula is C13H27N3O2. The van der Waals surface area contributed by atoms with Crippen LogP contribution < -0.4 is 10.6 Å². The van der Waals surface area contributed by atoms with Gasteiger partial charge in [0.15, 0.2) is 5.96 Å². The third kappa shape index (κ3) is 9.93. The fourth-order valence-corrected chi connectivity index (χ4v) is 1.40. The van der Waals surface area contributed by atoms with Gasteiger partial charge in [-0.1, -0.05) is 13.3 Å². The lowest BCUT2D eigenvalue weighted by Crippen LogP contribution is -2.37. The number of unbranched alkanes of at least 4 members (excludes halogenated alkanes) is 2. The summed E-state index contributed by atoms with van der Waals surface area (Å²) in [4.78, 5) is 15.4. The van der Waals surface area contributed by atoms with Crippen LogP contribution in [0.3, 0.4) is 0 Å². The fraction of sp³-hybridized carbons (Fsp3) is 0.846. The summed E-state index contributed by atoms with van der Waals surface area (Å²) >= 11 is 0. The zero-order valence-corrected chi connectivity index (χ0v) is 11.9. The summed E-state index contributed by atoms with van der Waals surface area (Å²) in [6.07, 6.45) is 4.52. The summed E-state index contributed by atoms with van der Waals surface area (Å²) in [7, 11) is 1.42. The van der Waals surface area contributed by atoms with Crippen LogP contribution >= 0.6 is 0 Å². The van der Waals surface area contributed by atoms with Crippen molar-refractivity contribution < 1.29 is 9.53 Å². The van der Waals surface area contributed by atoms with Crippen LogP contribution in [0.15, 0.2) is 4.99 Å². The lowest BCUT2D eigenvalue weighted by molar-refractivity contribution is -0.140. The summed E-state index contributed by atoms with van der Waals surface area (Å²) in [5.74, 6) is 0.718. The van der Waals surface area contributed by atoms with Crippen molar-refractivity contribution in [2.24, 2.45) is 4.99 Å². The topological polar surface area (TPSA) is 62.7 Å². The van der Waals surface area contributed by atoms with Crippen molar-refractivity contribution in [2.45, 2.75) is 46.0 Å². The van der Waals surface area contributed by atoms with Gasteiger partial charge >= 0.3 is 5.97 Å². The molecule has 0 rings (SSSR count). The molecule has 0 aliphatic carbocycles. The molecule has 0 amide bonds. The predicted octanol–water partition coefficient (Wildman–Crippen LogP) is 1.68. The van der Waals surface area contributed by atoms with Crippen molar-refractivity contribution in [2.75, 3.05) is 26.7 Å². The number of carbonyl (C=O) groups is 1. The SMILES string of the molecule is CCCCNC(=NCCCCC(=O)OC)NCC. The van der Waals surface area contributed by atoms with E-state index in [0.29, 0.717) is 6.42 Å². The van der Waals surface area contributed by atoms with Gasteiger partial charge in [-0.05, 0) is 26.2 Å². The van der Waals surface area contributed by atoms with Crippen LogP contribution in [-0.4, -0.2) is 38.7 Å². The number of esters is 1. The Morgan fingerprint density at radius 1 is 1.17 bits per heavy atom. The summed E-state index contributed by atoms with van der Waals surface area (Å²) in [6, 6.07) is 0. The lowest BCUT2D eigenvalue weighted by atomic mass is 10.2. The maximum Gasteiger partial charge on any atom is 0.305 e. The Morgan fingerprint density at radius 3 is 2.56 bits per heavy atom. The van der Waals surface area contributed by atoms with Gasteiger partial charge in [0.2, 0.25) is 0 Å². The summed E-state index contributed by atoms with van der Waals surface area (Å²) in [5.41, 5.74) is 0. The number of nitrogens with one attached hydrogen (secondary N) is 2. The first-order valence-electron chi connectivity index (χ1n) is 6.83. The maximum atomic E-state index is 10.9. The van der Waals surface area contributed by atoms with Crippen molar-refractivity contribution in [1.29, 1.82) is 0 Å². The van der Waals surface area contributed by atoms with Crippen LogP contribution in [0.4, 0.5) is 0 Å². The zero-order valence-electron chi connectivity index (χ0n) is 11.9. The standard InChI is InChI=1S/C13H27N3O2/c1-4-6-10-15-13(14-5-2)16-11-8-7-9-12(17)18-3/h4-11H2,1-3H3,(H2,14,15,16). The average Bonchev–Trinajstić information content (AvgIpc) is 2.38. The normalized spacial score (nSPS) is 11.2. The highest BCUT2D eigenvalue weighted by Crippen LogP contribution is 1.97. The van der Waals surface area contributed by atoms with Gasteiger partial charge in [0.05, 0.1) is 7.11 Å². The van der Waals surface area contributed by atoms with E-state index in [4.69, 9.17) is 0 Å². The molecule has 0 aromatic carbocycles. The number of ether oxygens (including phenoxy) is 1. The Bertz CT molecular complexity index is 242. The molecule has 0 aromatic heterocycles. The minimum Gasteiger partial charge on any atom is -0.469 e. The van der Waals surface area contributed by atoms with E-state index >= 15 is 0 Å². The van der Waals surface area contributed by atoms with Gasteiger partial charge in [-0.15, -0.1) is 0 Å². The fourth-order valence-electron chi connectivity index (χ4n) is 1.40. The smallest absolute Gasteiger partial charge is 0.305 e. The number of hydrogen-bond acceptors (Lipinski definition) is 3. The Morgan fingerprint density at radius 2 is 1.94 bits per heavy atom. The van der Waals surface area contributed by atoms with Gasteiger partial charge in [0, 0.05) is 26.1 Å². The van der Waals surface area contributed by atoms with E-state index < -0.39 is 0 Å². The molecule has 0 radical (unpaired) electrons. The highest BCUT2D eigenvalue weighted by atomic mass is 16.5. The van der Waals surface area contributed by atoms with Crippen molar-refractivity contribution in [3.05, 3.63) is 0 Å². The van der Waals surface area contributed by atoms with Crippen molar-refractivity contribution in [3.63, 3.8) is 0 Å². The molecule has 106 valence electrons. The van der Waals surface area contributed by atoms with E-state index in [2.05, 4.69) is 27.3 Å². The molecule has 0 spiro atoms. The largest absolute Gasteiger partial charge is 0.469 e. The van der Waals surface area contributed by atoms with Gasteiger partial charge in [-0.2, -0.15) is 0 Å². The summed E-state index contributed by atoms with van der Waals surface area (Å²) in [5, 5.41) is 6.48. The van der Waals surface area contributed by atoms with E-state index in [9.17, 15) is 4.79 Å². The molecule has 5 nitrogen and oxygen atoms in total. The Balaban J connectivity index is 3.74. The predicted molar refractivity (Wildman–Crippen MR) is 74.8 cm³/mol. The van der Waals surface area contributed by atoms with E-state index in [0.717, 1.165) is 44.9 Å². The van der Waals surface area contributed by atoms with E-state index in [1.165, 1.54) is 13.5 Å². The van der Waals surface area contributed by atoms with E-state index in [-0.39, 0.29) is 5.97 Å². The van der Waals surface area contributed by atoms with Crippen molar-refractivity contribution in [1.82, 2.24) is 10.6 Å². The number of guanidine groups is 1. The van der Waals surface area contributed by atoms with Gasteiger partial charge in [0.25, 0.3) is 0 Å². The van der Waals surface area contributed by atoms with Crippen LogP contribution in [0.2, 0.25) is 0 Å². The van der Waals surface area contributed by atoms with Crippen molar-refractivity contribution >= 4 is 11.9 Å². The molecule has 0 unspecified atom stereocenters. The highest BCUT2D eigenvalue weighted by molar-refractivity contribution is 5.79. The molecule has 0 saturated heterocycles. The molecule has 0 atom stereocenters. The molecule has 5 heteroatoms. The van der Waals surface area contributed by atoms with E-state index in [1.54, 1.807) is 0 Å². The molecule has 0 heterocycles. The zero-order chi connectivity index (χ0) is 13.6. The first-order chi connectivity index (χ1) is 8.74. The Labute approximate surface area is 110 Å². The summed E-state index contributed by atoms with van der Waals surface area (Å²) < 4.78 is 4.58. The quantitative estimate of drug-likeness (QED) is 0.285. The second-order valence-corrected chi connectivity index (χ2v) is 4.07. The maximum absolute atomic E-state index is 10.9. The van der Waals surface area contributed by atoms with Crippen LogP contribution in [-0.2, 0) is 9.53 Å². The molecule has 2 N–H and O–H groups in total. The summed E-state index contributed by atoms with van der Waals surface area (Å²) in [6.45, 7) is 6.76. The monoisotopic (exact) mass is 257 g/mol. The average molecular weight is 257 g/mol. The Hall–Kier alpha value is -1.26. The molecule has 0 aromatic rings. The van der Waals surface area contributed by atoms with E-state index in [1.807, 2.05) is 6.92 Å². The lowest BCUT2D eigenvalue weighted by Gasteiger charge is -2.10. The molecular weight excluding hydrogens is 230 g/mol. The first kappa shape index (κ1) is 16.7. The van der Waals surface area contributed by atoms with Crippen LogP contribution in [0.1, 0.15) is 46.0 Å². The van der Waals surface area contributed by atoms with Crippen molar-refractivity contribution in [3.8, 4) is 0 Å². The number of rotatable bonds is 9. The number of aliphatic imine (C=N–C) groups is 1. The minimum absolute atomic E-state index is 0.146. The minimum atomic E-state index is -0.146. The Kier molecular flexibility index (Phi) is 11.3. The van der Waals surface area contributed by atoms with Crippen LogP contribution in [0, 0.1) is 0 Å². The first-order valence-corrected chi connectivity index (χ1v) is 6.83. The number of carbonyl (C=O) groups excluding carboxylic acids is 1. The number of methoxy groups -OCH3 is 1. The second kappa shape index (κ2) is 12.2. The van der Waals surface area contributed by atoms with Gasteiger partial charge in [0.1, 0.15) is 0 Å². The van der Waals surface area contributed by atoms with Gasteiger partial charge in [-0.3, -0.25) is 9.79 Å².